The highest BCUT2D eigenvalue weighted by Crippen LogP contribution is 2.40. The number of nitrogens with zero attached hydrogens (tertiary/aromatic N) is 4. The zero-order valence-electron chi connectivity index (χ0n) is 21.8. The number of anilines is 1. The molecule has 200 valence electrons. The van der Waals surface area contributed by atoms with E-state index in [1.807, 2.05) is 13.0 Å². The summed E-state index contributed by atoms with van der Waals surface area (Å²) in [4.78, 5) is 30.8. The van der Waals surface area contributed by atoms with Gasteiger partial charge in [0.15, 0.2) is 0 Å². The molecule has 2 aromatic rings. The van der Waals surface area contributed by atoms with E-state index >= 15 is 4.39 Å². The smallest absolute Gasteiger partial charge is 0.407 e. The van der Waals surface area contributed by atoms with E-state index in [0.717, 1.165) is 11.8 Å². The minimum Gasteiger partial charge on any atom is -0.444 e. The molecule has 1 aliphatic rings. The predicted molar refractivity (Wildman–Crippen MR) is 142 cm³/mol. The molecule has 0 radical (unpaired) electrons. The van der Waals surface area contributed by atoms with Crippen LogP contribution in [0.2, 0.25) is 0 Å². The number of alkyl halides is 1. The van der Waals surface area contributed by atoms with E-state index in [4.69, 9.17) is 10.5 Å². The predicted octanol–water partition coefficient (Wildman–Crippen LogP) is 4.15. The third-order valence-electron chi connectivity index (χ3n) is 5.96. The molecule has 0 spiro atoms. The fourth-order valence-electron chi connectivity index (χ4n) is 4.25. The van der Waals surface area contributed by atoms with Crippen LogP contribution in [0.1, 0.15) is 61.6 Å². The van der Waals surface area contributed by atoms with Gasteiger partial charge < -0.3 is 20.7 Å². The van der Waals surface area contributed by atoms with Gasteiger partial charge in [-0.2, -0.15) is 10.5 Å². The molecule has 1 saturated heterocycles. The quantitative estimate of drug-likeness (QED) is 0.500. The van der Waals surface area contributed by atoms with E-state index in [-0.39, 0.29) is 34.9 Å². The normalized spacial score (nSPS) is 18.1. The summed E-state index contributed by atoms with van der Waals surface area (Å²) in [6, 6.07) is 12.4. The lowest BCUT2D eigenvalue weighted by molar-refractivity contribution is -0.117. The van der Waals surface area contributed by atoms with E-state index in [9.17, 15) is 20.1 Å². The molecule has 38 heavy (non-hydrogen) atoms. The Morgan fingerprint density at radius 3 is 2.45 bits per heavy atom. The Morgan fingerprint density at radius 1 is 1.26 bits per heavy atom. The van der Waals surface area contributed by atoms with Crippen LogP contribution in [-0.4, -0.2) is 47.9 Å². The van der Waals surface area contributed by atoms with Crippen LogP contribution < -0.4 is 16.0 Å². The Bertz CT molecular complexity index is 1270. The molecule has 1 unspecified atom stereocenters. The van der Waals surface area contributed by atoms with Gasteiger partial charge in [-0.1, -0.05) is 49.0 Å². The first-order valence-electron chi connectivity index (χ1n) is 12.3. The summed E-state index contributed by atoms with van der Waals surface area (Å²) in [6.45, 7) is 7.17. The third kappa shape index (κ3) is 6.73. The molecule has 1 aromatic carbocycles. The molecule has 1 aromatic heterocycles. The average molecular weight is 539 g/mol. The Hall–Kier alpha value is -3.83. The number of alkyl carbamates (subject to hydrolysis) is 1. The first kappa shape index (κ1) is 28.7. The molecule has 1 fully saturated rings. The number of aromatic nitrogens is 1. The number of halogens is 1. The van der Waals surface area contributed by atoms with Crippen LogP contribution in [0, 0.1) is 22.7 Å². The summed E-state index contributed by atoms with van der Waals surface area (Å²) in [6.07, 6.45) is -1.54. The summed E-state index contributed by atoms with van der Waals surface area (Å²) in [5, 5.41) is 22.0. The zero-order valence-corrected chi connectivity index (χ0v) is 22.6. The van der Waals surface area contributed by atoms with Crippen LogP contribution in [0.15, 0.2) is 35.4 Å². The monoisotopic (exact) mass is 538 g/mol. The van der Waals surface area contributed by atoms with Gasteiger partial charge in [0.05, 0.1) is 23.7 Å². The molecule has 3 N–H and O–H groups in total. The number of piperidine rings is 1. The number of nitrogens with two attached hydrogens (primary N) is 1. The van der Waals surface area contributed by atoms with E-state index in [2.05, 4.69) is 22.4 Å². The zero-order chi connectivity index (χ0) is 28.0. The molecule has 9 nitrogen and oxygen atoms in total. The van der Waals surface area contributed by atoms with Crippen LogP contribution in [0.3, 0.4) is 0 Å². The van der Waals surface area contributed by atoms with E-state index in [1.165, 1.54) is 0 Å². The summed E-state index contributed by atoms with van der Waals surface area (Å²) in [5.41, 5.74) is 6.50. The first-order chi connectivity index (χ1) is 18.0. The van der Waals surface area contributed by atoms with Crippen molar-refractivity contribution < 1.29 is 18.7 Å². The minimum absolute atomic E-state index is 0.126. The van der Waals surface area contributed by atoms with Crippen molar-refractivity contribution in [3.05, 3.63) is 52.6 Å². The lowest BCUT2D eigenvalue weighted by Crippen LogP contribution is -2.53. The molecule has 1 aliphatic heterocycles. The van der Waals surface area contributed by atoms with Gasteiger partial charge in [0.25, 0.3) is 0 Å². The fraction of sp³-hybridized carbons (Fsp3) is 0.444. The van der Waals surface area contributed by atoms with Crippen molar-refractivity contribution in [3.63, 3.8) is 0 Å². The van der Waals surface area contributed by atoms with Crippen molar-refractivity contribution in [3.8, 4) is 12.1 Å². The summed E-state index contributed by atoms with van der Waals surface area (Å²) in [5.74, 6) is -0.366. The number of hydrogen-bond acceptors (Lipinski definition) is 8. The second kappa shape index (κ2) is 12.1. The van der Waals surface area contributed by atoms with Crippen molar-refractivity contribution in [2.45, 2.75) is 68.6 Å². The van der Waals surface area contributed by atoms with Gasteiger partial charge in [0, 0.05) is 6.54 Å². The lowest BCUT2D eigenvalue weighted by atomic mass is 9.99. The number of carbonyl (C=O) groups excluding carboxylic acids is 2. The summed E-state index contributed by atoms with van der Waals surface area (Å²) < 4.78 is 20.5. The number of carbonyl (C=O) groups is 2. The number of hydrogen-bond donors (Lipinski definition) is 2. The number of ether oxygens (including phenoxy) is 1. The maximum absolute atomic E-state index is 15.2. The SMILES string of the molecule is CCc1c(C#N)c(SC(C(N)=O)c2ccccc2)nc(N2CC[C@@H](NC(=O)OC(C)(C)C)[C@@H](F)C2)c1C#N. The highest BCUT2D eigenvalue weighted by atomic mass is 32.2. The lowest BCUT2D eigenvalue weighted by Gasteiger charge is -2.36. The highest BCUT2D eigenvalue weighted by Gasteiger charge is 2.35. The number of nitrogens with one attached hydrogen (secondary N) is 1. The van der Waals surface area contributed by atoms with Crippen molar-refractivity contribution >= 4 is 29.6 Å². The molecule has 2 amide bonds. The highest BCUT2D eigenvalue weighted by molar-refractivity contribution is 8.00. The van der Waals surface area contributed by atoms with Crippen LogP contribution in [0.5, 0.6) is 0 Å². The van der Waals surface area contributed by atoms with E-state index < -0.39 is 35.1 Å². The van der Waals surface area contributed by atoms with Crippen LogP contribution in [0.25, 0.3) is 0 Å². The maximum atomic E-state index is 15.2. The second-order valence-corrected chi connectivity index (χ2v) is 11.0. The van der Waals surface area contributed by atoms with Gasteiger partial charge in [0.2, 0.25) is 5.91 Å². The van der Waals surface area contributed by atoms with Gasteiger partial charge >= 0.3 is 6.09 Å². The number of thioether (sulfide) groups is 1. The molecule has 0 aliphatic carbocycles. The van der Waals surface area contributed by atoms with E-state index in [1.54, 1.807) is 49.9 Å². The van der Waals surface area contributed by atoms with Gasteiger partial charge in [-0.3, -0.25) is 4.79 Å². The molecule has 0 saturated carbocycles. The number of pyridine rings is 1. The Kier molecular flexibility index (Phi) is 9.18. The van der Waals surface area contributed by atoms with Gasteiger partial charge in [-0.15, -0.1) is 0 Å². The summed E-state index contributed by atoms with van der Waals surface area (Å²) in [7, 11) is 0. The molecular formula is C27H31FN6O3S. The Morgan fingerprint density at radius 2 is 1.92 bits per heavy atom. The van der Waals surface area contributed by atoms with Gasteiger partial charge in [-0.25, -0.2) is 14.2 Å². The Labute approximate surface area is 226 Å². The fourth-order valence-corrected chi connectivity index (χ4v) is 5.30. The van der Waals surface area contributed by atoms with Crippen LogP contribution in [0.4, 0.5) is 15.0 Å². The average Bonchev–Trinajstić information content (AvgIpc) is 2.86. The third-order valence-corrected chi connectivity index (χ3v) is 7.22. The van der Waals surface area contributed by atoms with Crippen molar-refractivity contribution in [1.82, 2.24) is 10.3 Å². The topological polar surface area (TPSA) is 145 Å². The minimum atomic E-state index is -1.45. The standard InChI is InChI=1S/C27H31FN6O3S/c1-5-17-18(13-29)24(34-12-11-21(20(28)15-34)32-26(36)37-27(2,3)4)33-25(19(17)14-30)38-22(23(31)35)16-9-7-6-8-10-16/h6-10,20-22H,5,11-12,15H2,1-4H3,(H2,31,35)(H,32,36)/t20-,21+,22?/m0/s1. The summed E-state index contributed by atoms with van der Waals surface area (Å²) >= 11 is 1.03. The number of primary amides is 1. The van der Waals surface area contributed by atoms with Crippen molar-refractivity contribution in [1.29, 1.82) is 10.5 Å². The van der Waals surface area contributed by atoms with Crippen LogP contribution >= 0.6 is 11.8 Å². The van der Waals surface area contributed by atoms with Crippen molar-refractivity contribution in [2.75, 3.05) is 18.0 Å². The molecule has 11 heteroatoms. The second-order valence-electron chi connectivity index (χ2n) is 9.86. The number of benzene rings is 1. The van der Waals surface area contributed by atoms with Gasteiger partial charge in [0.1, 0.15) is 40.0 Å². The van der Waals surface area contributed by atoms with Crippen LogP contribution in [-0.2, 0) is 16.0 Å². The molecule has 3 rings (SSSR count). The number of rotatable bonds is 7. The maximum Gasteiger partial charge on any atom is 0.407 e. The molecule has 3 atom stereocenters. The van der Waals surface area contributed by atoms with E-state index in [0.29, 0.717) is 24.1 Å². The first-order valence-corrected chi connectivity index (χ1v) is 13.1. The molecular weight excluding hydrogens is 507 g/mol. The molecule has 0 bridgehead atoms. The largest absolute Gasteiger partial charge is 0.444 e. The number of amides is 2. The Balaban J connectivity index is 1.95. The van der Waals surface area contributed by atoms with Crippen molar-refractivity contribution in [2.24, 2.45) is 5.73 Å². The molecule has 2 heterocycles. The number of nitriles is 2. The van der Waals surface area contributed by atoms with Gasteiger partial charge in [-0.05, 0) is 44.7 Å².